The van der Waals surface area contributed by atoms with Gasteiger partial charge in [-0.1, -0.05) is 18.2 Å². The van der Waals surface area contributed by atoms with Crippen LogP contribution in [0.1, 0.15) is 56.8 Å². The Kier molecular flexibility index (Phi) is 7.41. The number of hydrogen-bond donors (Lipinski definition) is 2. The molecular formula is C27H31N3O3S. The lowest BCUT2D eigenvalue weighted by Crippen LogP contribution is -2.41. The smallest absolute Gasteiger partial charge is 0.407 e. The highest BCUT2D eigenvalue weighted by molar-refractivity contribution is 8.00. The van der Waals surface area contributed by atoms with Crippen LogP contribution in [0.5, 0.6) is 0 Å². The molecule has 2 N–H and O–H groups in total. The highest BCUT2D eigenvalue weighted by Gasteiger charge is 2.25. The fraction of sp³-hybridized carbons (Fsp3) is 0.370. The maximum atomic E-state index is 12.6. The van der Waals surface area contributed by atoms with Crippen LogP contribution in [0.3, 0.4) is 0 Å². The lowest BCUT2D eigenvalue weighted by molar-refractivity contribution is 0.0493. The Morgan fingerprint density at radius 1 is 1.00 bits per heavy atom. The molecule has 2 aromatic carbocycles. The van der Waals surface area contributed by atoms with Crippen LogP contribution < -0.4 is 10.6 Å². The third-order valence-electron chi connectivity index (χ3n) is 5.70. The lowest BCUT2D eigenvalue weighted by Gasteiger charge is -2.29. The van der Waals surface area contributed by atoms with Crippen LogP contribution in [-0.2, 0) is 4.74 Å². The topological polar surface area (TPSA) is 80.3 Å². The number of fused-ring (bicyclic) bond motifs is 1. The fourth-order valence-corrected chi connectivity index (χ4v) is 5.32. The van der Waals surface area contributed by atoms with Crippen molar-refractivity contribution in [1.29, 1.82) is 0 Å². The maximum Gasteiger partial charge on any atom is 0.407 e. The summed E-state index contributed by atoms with van der Waals surface area (Å²) < 4.78 is 5.38. The van der Waals surface area contributed by atoms with E-state index in [1.165, 1.54) is 4.90 Å². The maximum absolute atomic E-state index is 12.6. The van der Waals surface area contributed by atoms with Crippen molar-refractivity contribution in [3.05, 3.63) is 66.4 Å². The van der Waals surface area contributed by atoms with E-state index >= 15 is 0 Å². The summed E-state index contributed by atoms with van der Waals surface area (Å²) in [7, 11) is 0. The first-order valence-corrected chi connectivity index (χ1v) is 12.6. The molecule has 1 aliphatic carbocycles. The number of amides is 2. The minimum Gasteiger partial charge on any atom is -0.444 e. The van der Waals surface area contributed by atoms with E-state index in [1.54, 1.807) is 18.3 Å². The van der Waals surface area contributed by atoms with Gasteiger partial charge in [-0.15, -0.1) is 11.8 Å². The number of nitrogens with one attached hydrogen (secondary N) is 2. The number of hydrogen-bond acceptors (Lipinski definition) is 5. The van der Waals surface area contributed by atoms with Gasteiger partial charge < -0.3 is 15.4 Å². The first kappa shape index (κ1) is 24.1. The highest BCUT2D eigenvalue weighted by Crippen LogP contribution is 2.36. The standard InChI is InChI=1S/C27H31N3O3S/c1-27(2,3)33-26(32)29-20-9-11-21(12-10-20)34-22-13-14-23-19(17-22)15-16-28-24(23)30-25(31)18-7-5-4-6-8-18/h4-8,13-17,20-21H,9-12H2,1-3H3,(H,29,32)(H,28,30,31). The number of anilines is 1. The third kappa shape index (κ3) is 6.50. The fourth-order valence-electron chi connectivity index (χ4n) is 4.09. The first-order valence-electron chi connectivity index (χ1n) is 11.7. The molecule has 0 bridgehead atoms. The molecule has 4 rings (SSSR count). The molecule has 0 saturated heterocycles. The molecule has 1 aliphatic rings. The largest absolute Gasteiger partial charge is 0.444 e. The van der Waals surface area contributed by atoms with Crippen molar-refractivity contribution in [2.75, 3.05) is 5.32 Å². The van der Waals surface area contributed by atoms with Gasteiger partial charge in [0, 0.05) is 33.3 Å². The second-order valence-electron chi connectivity index (χ2n) is 9.60. The van der Waals surface area contributed by atoms with Crippen LogP contribution in [0.25, 0.3) is 10.8 Å². The number of ether oxygens (including phenoxy) is 1. The minimum absolute atomic E-state index is 0.171. The second-order valence-corrected chi connectivity index (χ2v) is 11.0. The van der Waals surface area contributed by atoms with Gasteiger partial charge in [-0.2, -0.15) is 0 Å². The van der Waals surface area contributed by atoms with Crippen LogP contribution in [-0.4, -0.2) is 33.9 Å². The monoisotopic (exact) mass is 477 g/mol. The van der Waals surface area contributed by atoms with Crippen molar-refractivity contribution >= 4 is 40.4 Å². The van der Waals surface area contributed by atoms with Crippen molar-refractivity contribution < 1.29 is 14.3 Å². The number of pyridine rings is 1. The predicted molar refractivity (Wildman–Crippen MR) is 137 cm³/mol. The second kappa shape index (κ2) is 10.5. The molecule has 1 saturated carbocycles. The molecule has 0 radical (unpaired) electrons. The molecular weight excluding hydrogens is 446 g/mol. The zero-order chi connectivity index (χ0) is 24.1. The quantitative estimate of drug-likeness (QED) is 0.443. The molecule has 0 unspecified atom stereocenters. The van der Waals surface area contributed by atoms with Crippen LogP contribution in [0.2, 0.25) is 0 Å². The molecule has 178 valence electrons. The first-order chi connectivity index (χ1) is 16.3. The van der Waals surface area contributed by atoms with E-state index in [0.29, 0.717) is 16.6 Å². The summed E-state index contributed by atoms with van der Waals surface area (Å²) in [5.74, 6) is 0.396. The minimum atomic E-state index is -0.479. The van der Waals surface area contributed by atoms with Crippen LogP contribution in [0, 0.1) is 0 Å². The molecule has 34 heavy (non-hydrogen) atoms. The third-order valence-corrected chi connectivity index (χ3v) is 7.03. The van der Waals surface area contributed by atoms with Crippen molar-refractivity contribution in [3.63, 3.8) is 0 Å². The molecule has 1 fully saturated rings. The van der Waals surface area contributed by atoms with Gasteiger partial charge in [-0.3, -0.25) is 4.79 Å². The van der Waals surface area contributed by atoms with E-state index in [9.17, 15) is 9.59 Å². The number of benzene rings is 2. The summed E-state index contributed by atoms with van der Waals surface area (Å²) >= 11 is 1.88. The number of carbonyl (C=O) groups excluding carboxylic acids is 2. The van der Waals surface area contributed by atoms with Crippen molar-refractivity contribution in [2.24, 2.45) is 0 Å². The van der Waals surface area contributed by atoms with E-state index in [0.717, 1.165) is 36.5 Å². The van der Waals surface area contributed by atoms with Crippen LogP contribution in [0.15, 0.2) is 65.7 Å². The lowest BCUT2D eigenvalue weighted by atomic mass is 9.95. The molecule has 0 atom stereocenters. The number of rotatable bonds is 5. The van der Waals surface area contributed by atoms with Crippen molar-refractivity contribution in [2.45, 2.75) is 68.2 Å². The molecule has 1 heterocycles. The van der Waals surface area contributed by atoms with Crippen molar-refractivity contribution in [1.82, 2.24) is 10.3 Å². The van der Waals surface area contributed by atoms with Gasteiger partial charge in [0.2, 0.25) is 0 Å². The Bertz CT molecular complexity index is 1150. The van der Waals surface area contributed by atoms with E-state index in [-0.39, 0.29) is 18.0 Å². The van der Waals surface area contributed by atoms with Gasteiger partial charge in [-0.05, 0) is 88.2 Å². The number of alkyl carbamates (subject to hydrolysis) is 1. The number of nitrogens with zero attached hydrogens (tertiary/aromatic N) is 1. The van der Waals surface area contributed by atoms with E-state index in [4.69, 9.17) is 4.74 Å². The van der Waals surface area contributed by atoms with Crippen molar-refractivity contribution in [3.8, 4) is 0 Å². The van der Waals surface area contributed by atoms with Gasteiger partial charge in [-0.25, -0.2) is 9.78 Å². The molecule has 1 aromatic heterocycles. The summed E-state index contributed by atoms with van der Waals surface area (Å²) in [5, 5.41) is 8.41. The zero-order valence-electron chi connectivity index (χ0n) is 19.8. The average molecular weight is 478 g/mol. The molecule has 7 heteroatoms. The van der Waals surface area contributed by atoms with E-state index < -0.39 is 5.60 Å². The Morgan fingerprint density at radius 2 is 1.74 bits per heavy atom. The molecule has 0 spiro atoms. The molecule has 0 aliphatic heterocycles. The van der Waals surface area contributed by atoms with Gasteiger partial charge in [0.1, 0.15) is 11.4 Å². The highest BCUT2D eigenvalue weighted by atomic mass is 32.2. The molecule has 6 nitrogen and oxygen atoms in total. The Hall–Kier alpha value is -3.06. The Labute approximate surface area is 204 Å². The van der Waals surface area contributed by atoms with E-state index in [1.807, 2.05) is 62.9 Å². The molecule has 3 aromatic rings. The van der Waals surface area contributed by atoms with Gasteiger partial charge in [0.15, 0.2) is 0 Å². The summed E-state index contributed by atoms with van der Waals surface area (Å²) in [6.07, 6.45) is 5.37. The Balaban J connectivity index is 1.35. The average Bonchev–Trinajstić information content (AvgIpc) is 2.80. The summed E-state index contributed by atoms with van der Waals surface area (Å²) in [5.41, 5.74) is 0.123. The van der Waals surface area contributed by atoms with E-state index in [2.05, 4.69) is 27.8 Å². The van der Waals surface area contributed by atoms with Gasteiger partial charge in [0.05, 0.1) is 0 Å². The summed E-state index contributed by atoms with van der Waals surface area (Å²) in [6.45, 7) is 5.62. The van der Waals surface area contributed by atoms with Crippen LogP contribution >= 0.6 is 11.8 Å². The predicted octanol–water partition coefficient (Wildman–Crippen LogP) is 6.42. The zero-order valence-corrected chi connectivity index (χ0v) is 20.7. The number of thioether (sulfide) groups is 1. The molecule has 2 amide bonds. The Morgan fingerprint density at radius 3 is 2.44 bits per heavy atom. The summed E-state index contributed by atoms with van der Waals surface area (Å²) in [4.78, 5) is 30.2. The SMILES string of the molecule is CC(C)(C)OC(=O)NC1CCC(Sc2ccc3c(NC(=O)c4ccccc4)nccc3c2)CC1. The number of carbonyl (C=O) groups is 2. The normalized spacial score (nSPS) is 18.3. The van der Waals surface area contributed by atoms with Gasteiger partial charge in [0.25, 0.3) is 5.91 Å². The summed E-state index contributed by atoms with van der Waals surface area (Å²) in [6, 6.07) is 17.6. The van der Waals surface area contributed by atoms with Crippen LogP contribution in [0.4, 0.5) is 10.6 Å². The number of aromatic nitrogens is 1. The van der Waals surface area contributed by atoms with Gasteiger partial charge >= 0.3 is 6.09 Å².